The van der Waals surface area contributed by atoms with Crippen molar-refractivity contribution in [2.24, 2.45) is 0 Å². The fourth-order valence-corrected chi connectivity index (χ4v) is 8.58. The van der Waals surface area contributed by atoms with Crippen molar-refractivity contribution in [2.45, 2.75) is 270 Å². The Morgan fingerprint density at radius 3 is 1.25 bits per heavy atom. The van der Waals surface area contributed by atoms with Crippen LogP contribution in [0.1, 0.15) is 258 Å². The van der Waals surface area contributed by atoms with Gasteiger partial charge in [-0.15, -0.1) is 0 Å². The number of rotatable bonds is 48. The minimum atomic E-state index is -4.59. The summed E-state index contributed by atoms with van der Waals surface area (Å²) in [4.78, 5) is 25.4. The van der Waals surface area contributed by atoms with Crippen LogP contribution in [0.3, 0.4) is 0 Å². The second kappa shape index (κ2) is 43.5. The van der Waals surface area contributed by atoms with Gasteiger partial charge in [0.05, 0.1) is 39.9 Å². The molecule has 2 N–H and O–H groups in total. The van der Waals surface area contributed by atoms with E-state index in [4.69, 9.17) is 9.05 Å². The molecule has 8 nitrogen and oxygen atoms in total. The molecule has 0 spiro atoms. The van der Waals surface area contributed by atoms with E-state index in [0.29, 0.717) is 17.4 Å². The normalized spacial score (nSPS) is 14.2. The number of carbonyl (C=O) groups excluding carboxylic acids is 1. The quantitative estimate of drug-likeness (QED) is 0.0273. The first-order valence-corrected chi connectivity index (χ1v) is 27.5. The standard InChI is InChI=1S/C51H103N2O6P/c1-6-8-10-12-14-16-18-20-22-23-24-25-26-27-28-29-30-31-33-35-37-39-41-43-45-51(55)52-49(48-59-60(56,57)58-47-46-53(3,4)5)50(54)44-42-40-38-36-34-32-21-19-17-15-13-11-9-7-2/h42,44,49-50,54H,6-41,43,45-48H2,1-5H3,(H-,52,55,56,57)/b44-42+. The zero-order chi connectivity index (χ0) is 44.3. The van der Waals surface area contributed by atoms with Gasteiger partial charge in [0.15, 0.2) is 0 Å². The Hall–Kier alpha value is -0.760. The van der Waals surface area contributed by atoms with Crippen LogP contribution in [-0.4, -0.2) is 68.5 Å². The molecule has 0 heterocycles. The van der Waals surface area contributed by atoms with Crippen molar-refractivity contribution in [3.8, 4) is 0 Å². The molecular weight excluding hydrogens is 768 g/mol. The Morgan fingerprint density at radius 2 is 0.900 bits per heavy atom. The number of amides is 1. The molecule has 0 aromatic heterocycles. The van der Waals surface area contributed by atoms with Crippen LogP contribution in [0.15, 0.2) is 12.2 Å². The van der Waals surface area contributed by atoms with Gasteiger partial charge in [0.2, 0.25) is 5.91 Å². The second-order valence-corrected chi connectivity index (χ2v) is 20.7. The Bertz CT molecular complexity index is 989. The highest BCUT2D eigenvalue weighted by molar-refractivity contribution is 7.45. The predicted octanol–water partition coefficient (Wildman–Crippen LogP) is 14.5. The molecule has 0 saturated carbocycles. The molecule has 0 aliphatic rings. The van der Waals surface area contributed by atoms with Gasteiger partial charge in [-0.25, -0.2) is 0 Å². The van der Waals surface area contributed by atoms with Crippen LogP contribution in [0.4, 0.5) is 0 Å². The number of quaternary nitrogens is 1. The summed E-state index contributed by atoms with van der Waals surface area (Å²) in [5.41, 5.74) is 0. The Labute approximate surface area is 373 Å². The van der Waals surface area contributed by atoms with E-state index in [-0.39, 0.29) is 19.1 Å². The fraction of sp³-hybridized carbons (Fsp3) is 0.941. The van der Waals surface area contributed by atoms with Crippen LogP contribution in [-0.2, 0) is 18.4 Å². The molecule has 0 bridgehead atoms. The number of aliphatic hydroxyl groups is 1. The summed E-state index contributed by atoms with van der Waals surface area (Å²) in [6, 6.07) is -0.880. The summed E-state index contributed by atoms with van der Waals surface area (Å²) in [6.45, 7) is 4.68. The highest BCUT2D eigenvalue weighted by atomic mass is 31.2. The van der Waals surface area contributed by atoms with Crippen LogP contribution in [0.2, 0.25) is 0 Å². The maximum Gasteiger partial charge on any atom is 0.268 e. The van der Waals surface area contributed by atoms with Crippen molar-refractivity contribution in [3.63, 3.8) is 0 Å². The SMILES string of the molecule is CCCCCCCCCCCCCC/C=C/C(O)C(COP(=O)([O-])OCC[N+](C)(C)C)NC(=O)CCCCCCCCCCCCCCCCCCCCCCCCCC. The van der Waals surface area contributed by atoms with Crippen molar-refractivity contribution in [1.82, 2.24) is 5.32 Å². The van der Waals surface area contributed by atoms with Gasteiger partial charge < -0.3 is 28.8 Å². The van der Waals surface area contributed by atoms with Crippen molar-refractivity contribution in [3.05, 3.63) is 12.2 Å². The number of nitrogens with zero attached hydrogens (tertiary/aromatic N) is 1. The van der Waals surface area contributed by atoms with Gasteiger partial charge in [-0.2, -0.15) is 0 Å². The Morgan fingerprint density at radius 1 is 0.567 bits per heavy atom. The average molecular weight is 871 g/mol. The van der Waals surface area contributed by atoms with Crippen molar-refractivity contribution >= 4 is 13.7 Å². The van der Waals surface area contributed by atoms with Crippen LogP contribution in [0, 0.1) is 0 Å². The summed E-state index contributed by atoms with van der Waals surface area (Å²) in [5.74, 6) is -0.192. The van der Waals surface area contributed by atoms with E-state index in [2.05, 4.69) is 19.2 Å². The number of likely N-dealkylation sites (N-methyl/N-ethyl adjacent to an activating group) is 1. The Balaban J connectivity index is 4.18. The van der Waals surface area contributed by atoms with Crippen molar-refractivity contribution in [1.29, 1.82) is 0 Å². The first-order valence-electron chi connectivity index (χ1n) is 26.1. The number of hydrogen-bond donors (Lipinski definition) is 2. The number of unbranched alkanes of at least 4 members (excludes halogenated alkanes) is 35. The highest BCUT2D eigenvalue weighted by Crippen LogP contribution is 2.38. The lowest BCUT2D eigenvalue weighted by atomic mass is 10.0. The van der Waals surface area contributed by atoms with E-state index in [1.54, 1.807) is 6.08 Å². The van der Waals surface area contributed by atoms with E-state index < -0.39 is 20.0 Å². The zero-order valence-electron chi connectivity index (χ0n) is 40.7. The predicted molar refractivity (Wildman–Crippen MR) is 256 cm³/mol. The minimum absolute atomic E-state index is 0.00235. The first-order chi connectivity index (χ1) is 29.0. The van der Waals surface area contributed by atoms with E-state index in [1.807, 2.05) is 27.2 Å². The monoisotopic (exact) mass is 871 g/mol. The van der Waals surface area contributed by atoms with E-state index in [9.17, 15) is 19.4 Å². The molecule has 1 amide bonds. The number of aliphatic hydroxyl groups excluding tert-OH is 1. The number of carbonyl (C=O) groups is 1. The van der Waals surface area contributed by atoms with Crippen molar-refractivity contribution < 1.29 is 32.9 Å². The third-order valence-corrected chi connectivity index (χ3v) is 13.0. The molecule has 0 aromatic carbocycles. The van der Waals surface area contributed by atoms with Crippen LogP contribution in [0.5, 0.6) is 0 Å². The van der Waals surface area contributed by atoms with Crippen molar-refractivity contribution in [2.75, 3.05) is 40.9 Å². The summed E-state index contributed by atoms with van der Waals surface area (Å²) in [5, 5.41) is 13.8. The molecule has 0 rings (SSSR count). The summed E-state index contributed by atoms with van der Waals surface area (Å²) in [7, 11) is 1.27. The molecule has 358 valence electrons. The highest BCUT2D eigenvalue weighted by Gasteiger charge is 2.23. The molecule has 0 aromatic rings. The largest absolute Gasteiger partial charge is 0.756 e. The summed E-state index contributed by atoms with van der Waals surface area (Å²) >= 11 is 0. The maximum absolute atomic E-state index is 12.9. The van der Waals surface area contributed by atoms with E-state index >= 15 is 0 Å². The number of phosphoric acid groups is 1. The first kappa shape index (κ1) is 59.2. The van der Waals surface area contributed by atoms with Crippen LogP contribution in [0.25, 0.3) is 0 Å². The topological polar surface area (TPSA) is 108 Å². The third kappa shape index (κ3) is 45.3. The van der Waals surface area contributed by atoms with Gasteiger partial charge in [-0.3, -0.25) is 9.36 Å². The van der Waals surface area contributed by atoms with Gasteiger partial charge in [0.1, 0.15) is 13.2 Å². The maximum atomic E-state index is 12.9. The molecule has 0 aliphatic heterocycles. The molecule has 3 atom stereocenters. The molecule has 0 aliphatic carbocycles. The smallest absolute Gasteiger partial charge is 0.268 e. The molecule has 9 heteroatoms. The van der Waals surface area contributed by atoms with E-state index in [0.717, 1.165) is 38.5 Å². The number of nitrogens with one attached hydrogen (secondary N) is 1. The lowest BCUT2D eigenvalue weighted by molar-refractivity contribution is -0.870. The average Bonchev–Trinajstić information content (AvgIpc) is 3.20. The lowest BCUT2D eigenvalue weighted by Crippen LogP contribution is -2.45. The zero-order valence-corrected chi connectivity index (χ0v) is 41.6. The van der Waals surface area contributed by atoms with Crippen LogP contribution < -0.4 is 10.2 Å². The number of hydrogen-bond acceptors (Lipinski definition) is 6. The molecular formula is C51H103N2O6P. The van der Waals surface area contributed by atoms with Gasteiger partial charge in [-0.1, -0.05) is 244 Å². The number of allylic oxidation sites excluding steroid dienone is 1. The molecule has 3 unspecified atom stereocenters. The number of phosphoric ester groups is 1. The van der Waals surface area contributed by atoms with E-state index in [1.165, 1.54) is 199 Å². The van der Waals surface area contributed by atoms with Gasteiger partial charge >= 0.3 is 0 Å². The van der Waals surface area contributed by atoms with Crippen LogP contribution >= 0.6 is 7.82 Å². The Kier molecular flexibility index (Phi) is 42.9. The van der Waals surface area contributed by atoms with Gasteiger partial charge in [-0.05, 0) is 19.3 Å². The molecule has 0 radical (unpaired) electrons. The second-order valence-electron chi connectivity index (χ2n) is 19.2. The van der Waals surface area contributed by atoms with Gasteiger partial charge in [0, 0.05) is 6.42 Å². The molecule has 0 saturated heterocycles. The fourth-order valence-electron chi connectivity index (χ4n) is 7.86. The summed E-state index contributed by atoms with van der Waals surface area (Å²) in [6.07, 6.45) is 51.3. The van der Waals surface area contributed by atoms with Gasteiger partial charge in [0.25, 0.3) is 7.82 Å². The minimum Gasteiger partial charge on any atom is -0.756 e. The molecule has 60 heavy (non-hydrogen) atoms. The molecule has 0 fully saturated rings. The lowest BCUT2D eigenvalue weighted by Gasteiger charge is -2.29. The summed E-state index contributed by atoms with van der Waals surface area (Å²) < 4.78 is 23.3. The third-order valence-electron chi connectivity index (χ3n) is 12.0.